The molecule has 3 aromatic rings. The fraction of sp³-hybridized carbons (Fsp3) is 0.0625. The molecule has 0 bridgehead atoms. The first-order valence-corrected chi connectivity index (χ1v) is 6.10. The van der Waals surface area contributed by atoms with Gasteiger partial charge in [-0.25, -0.2) is 0 Å². The molecule has 4 nitrogen and oxygen atoms in total. The van der Waals surface area contributed by atoms with E-state index in [-0.39, 0.29) is 17.3 Å². The SMILES string of the molecule is COc1ccc(C(=O)c2oc3ccccc3c2O)cc1. The zero-order chi connectivity index (χ0) is 14.1. The van der Waals surface area contributed by atoms with Gasteiger partial charge >= 0.3 is 0 Å². The fourth-order valence-corrected chi connectivity index (χ4v) is 2.06. The lowest BCUT2D eigenvalue weighted by Gasteiger charge is -2.01. The number of ketones is 1. The van der Waals surface area contributed by atoms with Crippen LogP contribution in [0.2, 0.25) is 0 Å². The van der Waals surface area contributed by atoms with E-state index in [4.69, 9.17) is 9.15 Å². The minimum absolute atomic E-state index is 0.0450. The number of para-hydroxylation sites is 1. The van der Waals surface area contributed by atoms with Crippen molar-refractivity contribution < 1.29 is 19.1 Å². The zero-order valence-corrected chi connectivity index (χ0v) is 10.8. The number of fused-ring (bicyclic) bond motifs is 1. The van der Waals surface area contributed by atoms with Gasteiger partial charge in [0.15, 0.2) is 5.75 Å². The highest BCUT2D eigenvalue weighted by Crippen LogP contribution is 2.33. The number of aromatic hydroxyl groups is 1. The van der Waals surface area contributed by atoms with Crippen LogP contribution in [0.25, 0.3) is 11.0 Å². The van der Waals surface area contributed by atoms with Gasteiger partial charge in [0.2, 0.25) is 11.5 Å². The molecule has 1 aromatic heterocycles. The third-order valence-electron chi connectivity index (χ3n) is 3.13. The Bertz CT molecular complexity index is 769. The normalized spacial score (nSPS) is 10.7. The molecule has 0 aliphatic heterocycles. The van der Waals surface area contributed by atoms with E-state index >= 15 is 0 Å². The molecule has 2 aromatic carbocycles. The third kappa shape index (κ3) is 1.91. The maximum absolute atomic E-state index is 12.3. The van der Waals surface area contributed by atoms with Crippen molar-refractivity contribution in [3.05, 3.63) is 59.9 Å². The Labute approximate surface area is 115 Å². The van der Waals surface area contributed by atoms with Gasteiger partial charge < -0.3 is 14.3 Å². The summed E-state index contributed by atoms with van der Waals surface area (Å²) >= 11 is 0. The van der Waals surface area contributed by atoms with Crippen LogP contribution in [0.4, 0.5) is 0 Å². The van der Waals surface area contributed by atoms with E-state index in [1.807, 2.05) is 0 Å². The second kappa shape index (κ2) is 4.74. The van der Waals surface area contributed by atoms with Crippen molar-refractivity contribution in [3.63, 3.8) is 0 Å². The second-order valence-electron chi connectivity index (χ2n) is 4.33. The van der Waals surface area contributed by atoms with Crippen molar-refractivity contribution in [2.45, 2.75) is 0 Å². The molecule has 20 heavy (non-hydrogen) atoms. The second-order valence-corrected chi connectivity index (χ2v) is 4.33. The van der Waals surface area contributed by atoms with Gasteiger partial charge in [-0.1, -0.05) is 12.1 Å². The molecule has 4 heteroatoms. The highest BCUT2D eigenvalue weighted by molar-refractivity contribution is 6.11. The summed E-state index contributed by atoms with van der Waals surface area (Å²) in [7, 11) is 1.56. The molecule has 0 radical (unpaired) electrons. The maximum Gasteiger partial charge on any atom is 0.232 e. The van der Waals surface area contributed by atoms with E-state index in [1.54, 1.807) is 55.6 Å². The third-order valence-corrected chi connectivity index (χ3v) is 3.13. The first-order valence-electron chi connectivity index (χ1n) is 6.10. The summed E-state index contributed by atoms with van der Waals surface area (Å²) in [5.74, 6) is 0.134. The van der Waals surface area contributed by atoms with E-state index in [0.29, 0.717) is 22.3 Å². The number of ether oxygens (including phenoxy) is 1. The summed E-state index contributed by atoms with van der Waals surface area (Å²) in [5, 5.41) is 10.6. The Morgan fingerprint density at radius 3 is 2.45 bits per heavy atom. The van der Waals surface area contributed by atoms with Crippen molar-refractivity contribution in [2.75, 3.05) is 7.11 Å². The predicted molar refractivity (Wildman–Crippen MR) is 74.3 cm³/mol. The molecule has 0 atom stereocenters. The first-order chi connectivity index (χ1) is 9.70. The lowest BCUT2D eigenvalue weighted by molar-refractivity contribution is 0.101. The van der Waals surface area contributed by atoms with E-state index in [1.165, 1.54) is 0 Å². The Balaban J connectivity index is 2.05. The van der Waals surface area contributed by atoms with Crippen LogP contribution in [0.5, 0.6) is 11.5 Å². The number of methoxy groups -OCH3 is 1. The lowest BCUT2D eigenvalue weighted by atomic mass is 10.1. The number of hydrogen-bond acceptors (Lipinski definition) is 4. The van der Waals surface area contributed by atoms with Gasteiger partial charge in [-0.05, 0) is 36.4 Å². The van der Waals surface area contributed by atoms with Crippen molar-refractivity contribution in [2.24, 2.45) is 0 Å². The predicted octanol–water partition coefficient (Wildman–Crippen LogP) is 3.38. The summed E-state index contributed by atoms with van der Waals surface area (Å²) in [6.07, 6.45) is 0. The number of carbonyl (C=O) groups excluding carboxylic acids is 1. The van der Waals surface area contributed by atoms with E-state index < -0.39 is 0 Å². The topological polar surface area (TPSA) is 59.7 Å². The van der Waals surface area contributed by atoms with Crippen LogP contribution in [0.15, 0.2) is 52.9 Å². The van der Waals surface area contributed by atoms with Gasteiger partial charge in [-0.2, -0.15) is 0 Å². The van der Waals surface area contributed by atoms with Crippen molar-refractivity contribution in [1.82, 2.24) is 0 Å². The number of hydrogen-bond donors (Lipinski definition) is 1. The van der Waals surface area contributed by atoms with Crippen LogP contribution < -0.4 is 4.74 Å². The van der Waals surface area contributed by atoms with Gasteiger partial charge in [-0.3, -0.25) is 4.79 Å². The van der Waals surface area contributed by atoms with Crippen LogP contribution in [-0.4, -0.2) is 18.0 Å². The van der Waals surface area contributed by atoms with Crippen molar-refractivity contribution in [1.29, 1.82) is 0 Å². The number of furan rings is 1. The quantitative estimate of drug-likeness (QED) is 0.740. The molecular weight excluding hydrogens is 256 g/mol. The zero-order valence-electron chi connectivity index (χ0n) is 10.8. The highest BCUT2D eigenvalue weighted by atomic mass is 16.5. The summed E-state index contributed by atoms with van der Waals surface area (Å²) in [4.78, 5) is 12.3. The van der Waals surface area contributed by atoms with Crippen LogP contribution in [-0.2, 0) is 0 Å². The Morgan fingerprint density at radius 1 is 1.10 bits per heavy atom. The molecule has 0 amide bonds. The van der Waals surface area contributed by atoms with Gasteiger partial charge in [0, 0.05) is 5.56 Å². The number of benzene rings is 2. The smallest absolute Gasteiger partial charge is 0.232 e. The standard InChI is InChI=1S/C16H12O4/c1-19-11-8-6-10(7-9-11)14(17)16-15(18)12-4-2-3-5-13(12)20-16/h2-9,18H,1H3. The molecule has 0 saturated heterocycles. The molecule has 100 valence electrons. The lowest BCUT2D eigenvalue weighted by Crippen LogP contribution is -1.99. The fourth-order valence-electron chi connectivity index (χ4n) is 2.06. The van der Waals surface area contributed by atoms with E-state index in [0.717, 1.165) is 0 Å². The maximum atomic E-state index is 12.3. The molecule has 0 spiro atoms. The summed E-state index contributed by atoms with van der Waals surface area (Å²) in [6.45, 7) is 0. The monoisotopic (exact) mass is 268 g/mol. The first kappa shape index (κ1) is 12.3. The Hall–Kier alpha value is -2.75. The van der Waals surface area contributed by atoms with Gasteiger partial charge in [0.1, 0.15) is 11.3 Å². The van der Waals surface area contributed by atoms with E-state index in [2.05, 4.69) is 0 Å². The molecule has 0 unspecified atom stereocenters. The minimum Gasteiger partial charge on any atom is -0.504 e. The Kier molecular flexibility index (Phi) is 2.91. The van der Waals surface area contributed by atoms with Crippen LogP contribution in [0.3, 0.4) is 0 Å². The summed E-state index contributed by atoms with van der Waals surface area (Å²) < 4.78 is 10.5. The van der Waals surface area contributed by atoms with Crippen molar-refractivity contribution >= 4 is 16.8 Å². The molecule has 0 aliphatic carbocycles. The van der Waals surface area contributed by atoms with Crippen LogP contribution in [0.1, 0.15) is 16.1 Å². The molecule has 0 saturated carbocycles. The molecule has 0 aliphatic rings. The average Bonchev–Trinajstić information content (AvgIpc) is 2.84. The molecule has 1 heterocycles. The molecule has 0 fully saturated rings. The van der Waals surface area contributed by atoms with Crippen LogP contribution >= 0.6 is 0 Å². The highest BCUT2D eigenvalue weighted by Gasteiger charge is 2.21. The average molecular weight is 268 g/mol. The minimum atomic E-state index is -0.360. The Morgan fingerprint density at radius 2 is 1.80 bits per heavy atom. The molecular formula is C16H12O4. The van der Waals surface area contributed by atoms with Gasteiger partial charge in [0.05, 0.1) is 12.5 Å². The molecule has 3 rings (SSSR count). The summed E-state index contributed by atoms with van der Waals surface area (Å²) in [5.41, 5.74) is 0.919. The summed E-state index contributed by atoms with van der Waals surface area (Å²) in [6, 6.07) is 13.6. The molecule has 1 N–H and O–H groups in total. The number of carbonyl (C=O) groups is 1. The van der Waals surface area contributed by atoms with E-state index in [9.17, 15) is 9.90 Å². The number of rotatable bonds is 3. The van der Waals surface area contributed by atoms with Crippen LogP contribution in [0, 0.1) is 0 Å². The van der Waals surface area contributed by atoms with Crippen molar-refractivity contribution in [3.8, 4) is 11.5 Å². The largest absolute Gasteiger partial charge is 0.504 e. The van der Waals surface area contributed by atoms with Gasteiger partial charge in [-0.15, -0.1) is 0 Å². The van der Waals surface area contributed by atoms with Gasteiger partial charge in [0.25, 0.3) is 0 Å².